The summed E-state index contributed by atoms with van der Waals surface area (Å²) in [6, 6.07) is 0.574. The van der Waals surface area contributed by atoms with Crippen LogP contribution in [0.25, 0.3) is 0 Å². The van der Waals surface area contributed by atoms with Gasteiger partial charge in [0, 0.05) is 20.6 Å². The molecule has 1 fully saturated rings. The van der Waals surface area contributed by atoms with E-state index < -0.39 is 0 Å². The number of hydrogen-bond donors (Lipinski definition) is 1. The van der Waals surface area contributed by atoms with Gasteiger partial charge in [0.15, 0.2) is 0 Å². The molecule has 0 radical (unpaired) electrons. The number of nitrogens with one attached hydrogen (secondary N) is 1. The standard InChI is InChI=1S/C14H24N4O3/c1-9(2)20-13-16-12(15-3)17-14(18-13)21-11-7-5-6-10(8-11)19-4/h9-11H,5-8H2,1-4H3,(H,15,16,17,18). The van der Waals surface area contributed by atoms with E-state index in [2.05, 4.69) is 20.3 Å². The molecule has 1 aliphatic carbocycles. The number of aromatic nitrogens is 3. The zero-order chi connectivity index (χ0) is 15.2. The van der Waals surface area contributed by atoms with Gasteiger partial charge in [-0.05, 0) is 33.1 Å². The normalized spacial score (nSPS) is 22.1. The van der Waals surface area contributed by atoms with E-state index in [9.17, 15) is 0 Å². The van der Waals surface area contributed by atoms with Gasteiger partial charge in [0.2, 0.25) is 5.95 Å². The highest BCUT2D eigenvalue weighted by molar-refractivity contribution is 5.26. The van der Waals surface area contributed by atoms with Gasteiger partial charge in [-0.1, -0.05) is 0 Å². The van der Waals surface area contributed by atoms with Crippen molar-refractivity contribution in [3.05, 3.63) is 0 Å². The zero-order valence-electron chi connectivity index (χ0n) is 13.1. The molecule has 1 aromatic rings. The third-order valence-electron chi connectivity index (χ3n) is 3.34. The average Bonchev–Trinajstić information content (AvgIpc) is 2.46. The minimum absolute atomic E-state index is 0.00231. The first-order valence-electron chi connectivity index (χ1n) is 7.40. The first-order valence-corrected chi connectivity index (χ1v) is 7.40. The van der Waals surface area contributed by atoms with Gasteiger partial charge < -0.3 is 19.5 Å². The van der Waals surface area contributed by atoms with E-state index in [1.807, 2.05) is 13.8 Å². The third kappa shape index (κ3) is 4.70. The number of hydrogen-bond acceptors (Lipinski definition) is 7. The molecule has 2 atom stereocenters. The van der Waals surface area contributed by atoms with Gasteiger partial charge in [0.05, 0.1) is 12.2 Å². The lowest BCUT2D eigenvalue weighted by Crippen LogP contribution is -2.30. The highest BCUT2D eigenvalue weighted by atomic mass is 16.5. The van der Waals surface area contributed by atoms with Crippen LogP contribution in [0.4, 0.5) is 5.95 Å². The van der Waals surface area contributed by atoms with Crippen molar-refractivity contribution in [2.75, 3.05) is 19.5 Å². The van der Waals surface area contributed by atoms with Crippen LogP contribution in [0.15, 0.2) is 0 Å². The monoisotopic (exact) mass is 296 g/mol. The molecule has 0 aliphatic heterocycles. The molecule has 1 heterocycles. The second-order valence-electron chi connectivity index (χ2n) is 5.40. The topological polar surface area (TPSA) is 78.4 Å². The maximum absolute atomic E-state index is 5.89. The number of anilines is 1. The molecule has 2 unspecified atom stereocenters. The number of ether oxygens (including phenoxy) is 3. The first-order chi connectivity index (χ1) is 10.1. The van der Waals surface area contributed by atoms with Gasteiger partial charge in [0.25, 0.3) is 0 Å². The lowest BCUT2D eigenvalue weighted by atomic mass is 9.95. The fourth-order valence-corrected chi connectivity index (χ4v) is 2.34. The summed E-state index contributed by atoms with van der Waals surface area (Å²) < 4.78 is 16.8. The molecule has 0 aromatic carbocycles. The summed E-state index contributed by atoms with van der Waals surface area (Å²) in [6.07, 6.45) is 4.33. The zero-order valence-corrected chi connectivity index (χ0v) is 13.1. The quantitative estimate of drug-likeness (QED) is 0.860. The molecule has 7 heteroatoms. The molecule has 7 nitrogen and oxygen atoms in total. The Labute approximate surface area is 125 Å². The van der Waals surface area contributed by atoms with Crippen molar-refractivity contribution >= 4 is 5.95 Å². The van der Waals surface area contributed by atoms with E-state index in [4.69, 9.17) is 14.2 Å². The second kappa shape index (κ2) is 7.40. The Balaban J connectivity index is 2.07. The van der Waals surface area contributed by atoms with E-state index >= 15 is 0 Å². The highest BCUT2D eigenvalue weighted by Gasteiger charge is 2.24. The Morgan fingerprint density at radius 3 is 2.48 bits per heavy atom. The van der Waals surface area contributed by atoms with E-state index in [1.165, 1.54) is 0 Å². The maximum atomic E-state index is 5.89. The van der Waals surface area contributed by atoms with Crippen LogP contribution in [0.1, 0.15) is 39.5 Å². The van der Waals surface area contributed by atoms with Gasteiger partial charge in [0.1, 0.15) is 6.10 Å². The summed E-state index contributed by atoms with van der Waals surface area (Å²) in [5, 5.41) is 2.89. The van der Waals surface area contributed by atoms with E-state index in [0.29, 0.717) is 12.0 Å². The Morgan fingerprint density at radius 1 is 1.10 bits per heavy atom. The number of methoxy groups -OCH3 is 1. The number of nitrogens with zero attached hydrogens (tertiary/aromatic N) is 3. The van der Waals surface area contributed by atoms with Crippen LogP contribution in [-0.2, 0) is 4.74 Å². The van der Waals surface area contributed by atoms with E-state index in [1.54, 1.807) is 14.2 Å². The third-order valence-corrected chi connectivity index (χ3v) is 3.34. The van der Waals surface area contributed by atoms with Gasteiger partial charge in [-0.15, -0.1) is 4.98 Å². The van der Waals surface area contributed by atoms with Crippen LogP contribution in [0.5, 0.6) is 12.0 Å². The first kappa shape index (κ1) is 15.8. The fraction of sp³-hybridized carbons (Fsp3) is 0.786. The minimum atomic E-state index is -0.00231. The van der Waals surface area contributed by atoms with Gasteiger partial charge in [-0.25, -0.2) is 0 Å². The molecule has 0 saturated heterocycles. The molecular formula is C14H24N4O3. The van der Waals surface area contributed by atoms with Crippen molar-refractivity contribution in [2.45, 2.75) is 57.8 Å². The minimum Gasteiger partial charge on any atom is -0.461 e. The van der Waals surface area contributed by atoms with Crippen LogP contribution >= 0.6 is 0 Å². The van der Waals surface area contributed by atoms with Crippen LogP contribution in [0.3, 0.4) is 0 Å². The summed E-state index contributed by atoms with van der Waals surface area (Å²) in [4.78, 5) is 12.6. The van der Waals surface area contributed by atoms with E-state index in [-0.39, 0.29) is 24.3 Å². The van der Waals surface area contributed by atoms with Gasteiger partial charge in [-0.2, -0.15) is 9.97 Å². The fourth-order valence-electron chi connectivity index (χ4n) is 2.34. The lowest BCUT2D eigenvalue weighted by Gasteiger charge is -2.27. The maximum Gasteiger partial charge on any atom is 0.324 e. The number of rotatable bonds is 6. The summed E-state index contributed by atoms with van der Waals surface area (Å²) in [6.45, 7) is 3.85. The van der Waals surface area contributed by atoms with Crippen LogP contribution in [0, 0.1) is 0 Å². The van der Waals surface area contributed by atoms with Crippen molar-refractivity contribution in [3.8, 4) is 12.0 Å². The predicted octanol–water partition coefficient (Wildman–Crippen LogP) is 2.04. The van der Waals surface area contributed by atoms with Crippen molar-refractivity contribution in [2.24, 2.45) is 0 Å². The Hall–Kier alpha value is -1.63. The molecule has 0 amide bonds. The molecule has 1 aliphatic rings. The van der Waals surface area contributed by atoms with E-state index in [0.717, 1.165) is 25.7 Å². The Morgan fingerprint density at radius 2 is 1.81 bits per heavy atom. The van der Waals surface area contributed by atoms with Crippen molar-refractivity contribution in [1.82, 2.24) is 15.0 Å². The predicted molar refractivity (Wildman–Crippen MR) is 78.8 cm³/mol. The summed E-state index contributed by atoms with van der Waals surface area (Å²) >= 11 is 0. The Bertz CT molecular complexity index is 456. The molecule has 1 saturated carbocycles. The van der Waals surface area contributed by atoms with Gasteiger partial charge >= 0.3 is 12.0 Å². The van der Waals surface area contributed by atoms with Crippen molar-refractivity contribution in [3.63, 3.8) is 0 Å². The summed E-state index contributed by atoms with van der Waals surface area (Å²) in [5.41, 5.74) is 0. The lowest BCUT2D eigenvalue weighted by molar-refractivity contribution is 0.0175. The van der Waals surface area contributed by atoms with Crippen LogP contribution in [-0.4, -0.2) is 47.4 Å². The molecule has 1 N–H and O–H groups in total. The van der Waals surface area contributed by atoms with Crippen molar-refractivity contribution in [1.29, 1.82) is 0 Å². The van der Waals surface area contributed by atoms with Crippen LogP contribution < -0.4 is 14.8 Å². The summed E-state index contributed by atoms with van der Waals surface area (Å²) in [7, 11) is 3.49. The molecule has 21 heavy (non-hydrogen) atoms. The van der Waals surface area contributed by atoms with Crippen LogP contribution in [0.2, 0.25) is 0 Å². The van der Waals surface area contributed by atoms with Gasteiger partial charge in [-0.3, -0.25) is 0 Å². The molecular weight excluding hydrogens is 272 g/mol. The van der Waals surface area contributed by atoms with Crippen molar-refractivity contribution < 1.29 is 14.2 Å². The molecule has 0 spiro atoms. The molecule has 1 aromatic heterocycles. The Kier molecular flexibility index (Phi) is 5.55. The summed E-state index contributed by atoms with van der Waals surface area (Å²) in [5.74, 6) is 0.440. The highest BCUT2D eigenvalue weighted by Crippen LogP contribution is 2.24. The molecule has 0 bridgehead atoms. The second-order valence-corrected chi connectivity index (χ2v) is 5.40. The SMILES string of the molecule is CNc1nc(OC(C)C)nc(OC2CCCC(OC)C2)n1. The smallest absolute Gasteiger partial charge is 0.324 e. The molecule has 118 valence electrons. The average molecular weight is 296 g/mol. The molecule has 2 rings (SSSR count). The largest absolute Gasteiger partial charge is 0.461 e.